The van der Waals surface area contributed by atoms with Crippen LogP contribution in [0.15, 0.2) is 24.3 Å². The first-order chi connectivity index (χ1) is 10.6. The molecule has 1 aliphatic heterocycles. The molecule has 22 heavy (non-hydrogen) atoms. The molecule has 2 rings (SSSR count). The molecule has 1 fully saturated rings. The third-order valence-electron chi connectivity index (χ3n) is 4.26. The SMILES string of the molecule is COCCN1CCN([C@@H](C)Cc2ccc(F)cc2)CCC1=O. The van der Waals surface area contributed by atoms with E-state index >= 15 is 0 Å². The highest BCUT2D eigenvalue weighted by molar-refractivity contribution is 5.76. The van der Waals surface area contributed by atoms with Crippen LogP contribution in [0, 0.1) is 5.82 Å². The van der Waals surface area contributed by atoms with Gasteiger partial charge in [-0.05, 0) is 31.0 Å². The van der Waals surface area contributed by atoms with E-state index in [-0.39, 0.29) is 11.7 Å². The van der Waals surface area contributed by atoms with Gasteiger partial charge < -0.3 is 9.64 Å². The lowest BCUT2D eigenvalue weighted by molar-refractivity contribution is -0.130. The number of methoxy groups -OCH3 is 1. The van der Waals surface area contributed by atoms with Crippen LogP contribution in [0.2, 0.25) is 0 Å². The van der Waals surface area contributed by atoms with Crippen molar-refractivity contribution in [1.82, 2.24) is 9.80 Å². The number of nitrogens with zero attached hydrogens (tertiary/aromatic N) is 2. The molecule has 0 aliphatic carbocycles. The van der Waals surface area contributed by atoms with Crippen molar-refractivity contribution in [3.05, 3.63) is 35.6 Å². The average Bonchev–Trinajstić information content (AvgIpc) is 2.69. The van der Waals surface area contributed by atoms with Crippen LogP contribution in [0.3, 0.4) is 0 Å². The minimum atomic E-state index is -0.203. The van der Waals surface area contributed by atoms with Crippen molar-refractivity contribution in [2.75, 3.05) is 39.9 Å². The molecule has 1 aromatic rings. The maximum absolute atomic E-state index is 13.0. The van der Waals surface area contributed by atoms with Gasteiger partial charge >= 0.3 is 0 Å². The van der Waals surface area contributed by atoms with Crippen LogP contribution in [-0.2, 0) is 16.0 Å². The van der Waals surface area contributed by atoms with E-state index in [1.807, 2.05) is 17.0 Å². The largest absolute Gasteiger partial charge is 0.383 e. The van der Waals surface area contributed by atoms with Crippen LogP contribution in [0.4, 0.5) is 4.39 Å². The Morgan fingerprint density at radius 3 is 2.64 bits per heavy atom. The van der Waals surface area contributed by atoms with Crippen molar-refractivity contribution in [2.24, 2.45) is 0 Å². The summed E-state index contributed by atoms with van der Waals surface area (Å²) in [5, 5.41) is 0. The zero-order valence-electron chi connectivity index (χ0n) is 13.4. The quantitative estimate of drug-likeness (QED) is 0.805. The summed E-state index contributed by atoms with van der Waals surface area (Å²) in [7, 11) is 1.65. The Hall–Kier alpha value is -1.46. The number of rotatable bonds is 6. The molecular formula is C17H25FN2O2. The van der Waals surface area contributed by atoms with Crippen molar-refractivity contribution in [1.29, 1.82) is 0 Å². The Balaban J connectivity index is 1.89. The number of ether oxygens (including phenoxy) is 1. The van der Waals surface area contributed by atoms with Gasteiger partial charge in [0.1, 0.15) is 5.82 Å². The molecule has 0 unspecified atom stereocenters. The summed E-state index contributed by atoms with van der Waals surface area (Å²) in [4.78, 5) is 16.3. The number of halogens is 1. The van der Waals surface area contributed by atoms with Crippen molar-refractivity contribution < 1.29 is 13.9 Å². The maximum Gasteiger partial charge on any atom is 0.223 e. The van der Waals surface area contributed by atoms with Gasteiger partial charge in [0.25, 0.3) is 0 Å². The van der Waals surface area contributed by atoms with Gasteiger partial charge in [-0.3, -0.25) is 9.69 Å². The standard InChI is InChI=1S/C17H25FN2O2/c1-14(13-15-3-5-16(18)6-4-15)19-8-7-17(21)20(10-9-19)11-12-22-2/h3-6,14H,7-13H2,1-2H3/t14-/m0/s1. The van der Waals surface area contributed by atoms with Gasteiger partial charge in [0.15, 0.2) is 0 Å². The van der Waals surface area contributed by atoms with Gasteiger partial charge in [0, 0.05) is 45.8 Å². The lowest BCUT2D eigenvalue weighted by Gasteiger charge is -2.27. The van der Waals surface area contributed by atoms with Crippen LogP contribution in [0.5, 0.6) is 0 Å². The Morgan fingerprint density at radius 2 is 1.95 bits per heavy atom. The molecule has 0 saturated carbocycles. The summed E-state index contributed by atoms with van der Waals surface area (Å²) in [5.41, 5.74) is 1.13. The van der Waals surface area contributed by atoms with Crippen molar-refractivity contribution >= 4 is 5.91 Å². The van der Waals surface area contributed by atoms with Crippen LogP contribution >= 0.6 is 0 Å². The number of benzene rings is 1. The van der Waals surface area contributed by atoms with E-state index in [0.29, 0.717) is 25.6 Å². The molecule has 1 heterocycles. The number of carbonyl (C=O) groups is 1. The van der Waals surface area contributed by atoms with Gasteiger partial charge in [0.2, 0.25) is 5.91 Å². The number of amides is 1. The molecule has 1 saturated heterocycles. The second kappa shape index (κ2) is 8.25. The fourth-order valence-corrected chi connectivity index (χ4v) is 2.85. The monoisotopic (exact) mass is 308 g/mol. The molecule has 122 valence electrons. The molecule has 0 N–H and O–H groups in total. The zero-order valence-corrected chi connectivity index (χ0v) is 13.4. The van der Waals surface area contributed by atoms with E-state index in [9.17, 15) is 9.18 Å². The minimum absolute atomic E-state index is 0.202. The second-order valence-electron chi connectivity index (χ2n) is 5.84. The molecule has 0 aromatic heterocycles. The Labute approximate surface area is 131 Å². The lowest BCUT2D eigenvalue weighted by Crippen LogP contribution is -2.39. The Kier molecular flexibility index (Phi) is 6.34. The van der Waals surface area contributed by atoms with E-state index in [1.165, 1.54) is 12.1 Å². The van der Waals surface area contributed by atoms with E-state index in [4.69, 9.17) is 4.74 Å². The van der Waals surface area contributed by atoms with E-state index in [2.05, 4.69) is 11.8 Å². The molecule has 0 bridgehead atoms. The molecule has 5 heteroatoms. The Morgan fingerprint density at radius 1 is 1.23 bits per heavy atom. The first-order valence-corrected chi connectivity index (χ1v) is 7.85. The molecule has 1 amide bonds. The third kappa shape index (κ3) is 4.78. The predicted molar refractivity (Wildman–Crippen MR) is 84.2 cm³/mol. The highest BCUT2D eigenvalue weighted by Crippen LogP contribution is 2.13. The van der Waals surface area contributed by atoms with Gasteiger partial charge in [-0.1, -0.05) is 12.1 Å². The third-order valence-corrected chi connectivity index (χ3v) is 4.26. The van der Waals surface area contributed by atoms with Crippen molar-refractivity contribution in [2.45, 2.75) is 25.8 Å². The first kappa shape index (κ1) is 16.9. The number of hydrogen-bond donors (Lipinski definition) is 0. The zero-order chi connectivity index (χ0) is 15.9. The number of carbonyl (C=O) groups excluding carboxylic acids is 1. The summed E-state index contributed by atoms with van der Waals surface area (Å²) >= 11 is 0. The topological polar surface area (TPSA) is 32.8 Å². The Bertz CT molecular complexity index is 478. The summed E-state index contributed by atoms with van der Waals surface area (Å²) in [5.74, 6) is -0.000843. The molecule has 1 aliphatic rings. The number of hydrogen-bond acceptors (Lipinski definition) is 3. The fourth-order valence-electron chi connectivity index (χ4n) is 2.85. The lowest BCUT2D eigenvalue weighted by atomic mass is 10.1. The summed E-state index contributed by atoms with van der Waals surface area (Å²) in [6, 6.07) is 7.00. The van der Waals surface area contributed by atoms with E-state index < -0.39 is 0 Å². The molecule has 1 atom stereocenters. The van der Waals surface area contributed by atoms with Crippen LogP contribution in [0.25, 0.3) is 0 Å². The minimum Gasteiger partial charge on any atom is -0.383 e. The molecule has 1 aromatic carbocycles. The summed E-state index contributed by atoms with van der Waals surface area (Å²) < 4.78 is 18.0. The molecule has 4 nitrogen and oxygen atoms in total. The smallest absolute Gasteiger partial charge is 0.223 e. The summed E-state index contributed by atoms with van der Waals surface area (Å²) in [6.45, 7) is 5.81. The van der Waals surface area contributed by atoms with Crippen LogP contribution < -0.4 is 0 Å². The van der Waals surface area contributed by atoms with E-state index in [1.54, 1.807) is 7.11 Å². The predicted octanol–water partition coefficient (Wildman–Crippen LogP) is 1.94. The van der Waals surface area contributed by atoms with Gasteiger partial charge in [-0.2, -0.15) is 0 Å². The maximum atomic E-state index is 13.0. The first-order valence-electron chi connectivity index (χ1n) is 7.85. The normalized spacial score (nSPS) is 18.3. The van der Waals surface area contributed by atoms with Gasteiger partial charge in [-0.25, -0.2) is 4.39 Å². The van der Waals surface area contributed by atoms with Crippen molar-refractivity contribution in [3.8, 4) is 0 Å². The highest BCUT2D eigenvalue weighted by Gasteiger charge is 2.23. The molecule has 0 radical (unpaired) electrons. The van der Waals surface area contributed by atoms with E-state index in [0.717, 1.165) is 31.6 Å². The average molecular weight is 308 g/mol. The van der Waals surface area contributed by atoms with Gasteiger partial charge in [0.05, 0.1) is 6.61 Å². The van der Waals surface area contributed by atoms with Crippen LogP contribution in [-0.4, -0.2) is 61.6 Å². The molecule has 0 spiro atoms. The van der Waals surface area contributed by atoms with Crippen molar-refractivity contribution in [3.63, 3.8) is 0 Å². The fraction of sp³-hybridized carbons (Fsp3) is 0.588. The highest BCUT2D eigenvalue weighted by atomic mass is 19.1. The van der Waals surface area contributed by atoms with Gasteiger partial charge in [-0.15, -0.1) is 0 Å². The summed E-state index contributed by atoms with van der Waals surface area (Å²) in [6.07, 6.45) is 1.42. The second-order valence-corrected chi connectivity index (χ2v) is 5.84. The molecular weight excluding hydrogens is 283 g/mol. The van der Waals surface area contributed by atoms with Crippen LogP contribution in [0.1, 0.15) is 18.9 Å².